The lowest BCUT2D eigenvalue weighted by atomic mass is 10.1. The van der Waals surface area contributed by atoms with E-state index >= 15 is 0 Å². The van der Waals surface area contributed by atoms with Gasteiger partial charge in [-0.05, 0) is 43.0 Å². The van der Waals surface area contributed by atoms with E-state index in [-0.39, 0.29) is 17.4 Å². The summed E-state index contributed by atoms with van der Waals surface area (Å²) in [5.74, 6) is 0.634. The number of aliphatic hydroxyl groups is 1. The number of hydrogen-bond donors (Lipinski definition) is 2. The standard InChI is InChI=1S/C14H23NO4S/c1-9(2)13(8-16)15-20(17,18)14-10(3)6-12(19-5)7-11(14)4/h6-7,9,13,15-16H,8H2,1-5H3/t13-/m1/s1. The van der Waals surface area contributed by atoms with Gasteiger partial charge in [0, 0.05) is 6.04 Å². The van der Waals surface area contributed by atoms with E-state index in [1.54, 1.807) is 33.1 Å². The van der Waals surface area contributed by atoms with Crippen molar-refractivity contribution in [3.05, 3.63) is 23.3 Å². The van der Waals surface area contributed by atoms with Crippen LogP contribution in [0, 0.1) is 19.8 Å². The van der Waals surface area contributed by atoms with Crippen molar-refractivity contribution in [3.8, 4) is 5.75 Å². The predicted octanol–water partition coefficient (Wildman–Crippen LogP) is 1.61. The molecule has 0 saturated carbocycles. The first kappa shape index (κ1) is 16.9. The van der Waals surface area contributed by atoms with Crippen molar-refractivity contribution >= 4 is 10.0 Å². The summed E-state index contributed by atoms with van der Waals surface area (Å²) in [6.07, 6.45) is 0. The molecule has 1 aromatic carbocycles. The Morgan fingerprint density at radius 3 is 2.10 bits per heavy atom. The number of sulfonamides is 1. The van der Waals surface area contributed by atoms with Crippen molar-refractivity contribution in [2.45, 2.75) is 38.6 Å². The molecule has 1 aromatic rings. The van der Waals surface area contributed by atoms with Crippen LogP contribution in [0.3, 0.4) is 0 Å². The van der Waals surface area contributed by atoms with E-state index in [1.807, 2.05) is 13.8 Å². The summed E-state index contributed by atoms with van der Waals surface area (Å²) in [6, 6.07) is 2.87. The van der Waals surface area contributed by atoms with Crippen molar-refractivity contribution in [2.24, 2.45) is 5.92 Å². The Bertz CT molecular complexity index is 544. The lowest BCUT2D eigenvalue weighted by Crippen LogP contribution is -2.41. The van der Waals surface area contributed by atoms with Gasteiger partial charge in [0.1, 0.15) is 5.75 Å². The molecule has 0 heterocycles. The molecular formula is C14H23NO4S. The summed E-state index contributed by atoms with van der Waals surface area (Å²) in [7, 11) is -2.13. The van der Waals surface area contributed by atoms with Gasteiger partial charge in [-0.3, -0.25) is 0 Å². The van der Waals surface area contributed by atoms with Gasteiger partial charge < -0.3 is 9.84 Å². The summed E-state index contributed by atoms with van der Waals surface area (Å²) < 4.78 is 32.7. The highest BCUT2D eigenvalue weighted by Gasteiger charge is 2.25. The molecule has 0 aromatic heterocycles. The highest BCUT2D eigenvalue weighted by Crippen LogP contribution is 2.26. The third-order valence-electron chi connectivity index (χ3n) is 3.25. The van der Waals surface area contributed by atoms with Gasteiger partial charge in [-0.2, -0.15) is 0 Å². The smallest absolute Gasteiger partial charge is 0.241 e. The number of nitrogens with one attached hydrogen (secondary N) is 1. The topological polar surface area (TPSA) is 75.6 Å². The Kier molecular flexibility index (Phi) is 5.56. The molecule has 0 radical (unpaired) electrons. The monoisotopic (exact) mass is 301 g/mol. The normalized spacial score (nSPS) is 13.6. The molecule has 2 N–H and O–H groups in total. The molecule has 6 heteroatoms. The van der Waals surface area contributed by atoms with Crippen LogP contribution >= 0.6 is 0 Å². The maximum Gasteiger partial charge on any atom is 0.241 e. The van der Waals surface area contributed by atoms with Gasteiger partial charge in [-0.15, -0.1) is 0 Å². The molecule has 0 unspecified atom stereocenters. The van der Waals surface area contributed by atoms with E-state index in [0.29, 0.717) is 16.9 Å². The van der Waals surface area contributed by atoms with Crippen LogP contribution in [0.15, 0.2) is 17.0 Å². The fourth-order valence-electron chi connectivity index (χ4n) is 2.09. The van der Waals surface area contributed by atoms with Gasteiger partial charge in [-0.25, -0.2) is 13.1 Å². The van der Waals surface area contributed by atoms with Crippen molar-refractivity contribution in [1.29, 1.82) is 0 Å². The lowest BCUT2D eigenvalue weighted by molar-refractivity contribution is 0.227. The van der Waals surface area contributed by atoms with Gasteiger partial charge >= 0.3 is 0 Å². The minimum absolute atomic E-state index is 0.00800. The van der Waals surface area contributed by atoms with E-state index in [0.717, 1.165) is 0 Å². The quantitative estimate of drug-likeness (QED) is 0.837. The van der Waals surface area contributed by atoms with E-state index in [1.165, 1.54) is 0 Å². The molecule has 0 aliphatic heterocycles. The van der Waals surface area contributed by atoms with Crippen molar-refractivity contribution < 1.29 is 18.3 Å². The number of rotatable bonds is 6. The maximum absolute atomic E-state index is 12.5. The largest absolute Gasteiger partial charge is 0.497 e. The molecule has 0 aliphatic carbocycles. The second-order valence-corrected chi connectivity index (χ2v) is 6.90. The molecular weight excluding hydrogens is 278 g/mol. The Morgan fingerprint density at radius 1 is 1.25 bits per heavy atom. The SMILES string of the molecule is COc1cc(C)c(S(=O)(=O)N[C@H](CO)C(C)C)c(C)c1. The van der Waals surface area contributed by atoms with Crippen LogP contribution in [-0.4, -0.2) is 33.3 Å². The van der Waals surface area contributed by atoms with Crippen LogP contribution in [-0.2, 0) is 10.0 Å². The van der Waals surface area contributed by atoms with E-state index < -0.39 is 16.1 Å². The summed E-state index contributed by atoms with van der Waals surface area (Å²) in [5, 5.41) is 9.28. The van der Waals surface area contributed by atoms with Crippen molar-refractivity contribution in [2.75, 3.05) is 13.7 Å². The lowest BCUT2D eigenvalue weighted by Gasteiger charge is -2.21. The van der Waals surface area contributed by atoms with Crippen LogP contribution in [0.2, 0.25) is 0 Å². The second kappa shape index (κ2) is 6.56. The molecule has 0 spiro atoms. The molecule has 1 atom stereocenters. The first-order valence-electron chi connectivity index (χ1n) is 6.51. The predicted molar refractivity (Wildman–Crippen MR) is 78.5 cm³/mol. The number of aryl methyl sites for hydroxylation is 2. The third-order valence-corrected chi connectivity index (χ3v) is 5.04. The number of methoxy groups -OCH3 is 1. The van der Waals surface area contributed by atoms with E-state index in [2.05, 4.69) is 4.72 Å². The van der Waals surface area contributed by atoms with Crippen LogP contribution < -0.4 is 9.46 Å². The zero-order valence-electron chi connectivity index (χ0n) is 12.6. The third kappa shape index (κ3) is 3.71. The zero-order valence-corrected chi connectivity index (χ0v) is 13.4. The fraction of sp³-hybridized carbons (Fsp3) is 0.571. The van der Waals surface area contributed by atoms with E-state index in [4.69, 9.17) is 4.74 Å². The molecule has 0 amide bonds. The second-order valence-electron chi connectivity index (χ2n) is 5.24. The number of benzene rings is 1. The fourth-order valence-corrected chi connectivity index (χ4v) is 3.92. The first-order chi connectivity index (χ1) is 9.22. The van der Waals surface area contributed by atoms with Gasteiger partial charge in [0.15, 0.2) is 0 Å². The van der Waals surface area contributed by atoms with E-state index in [9.17, 15) is 13.5 Å². The minimum Gasteiger partial charge on any atom is -0.497 e. The molecule has 0 saturated heterocycles. The van der Waals surface area contributed by atoms with Crippen molar-refractivity contribution in [1.82, 2.24) is 4.72 Å². The summed E-state index contributed by atoms with van der Waals surface area (Å²) in [4.78, 5) is 0.248. The molecule has 114 valence electrons. The van der Waals surface area contributed by atoms with Gasteiger partial charge in [0.2, 0.25) is 10.0 Å². The summed E-state index contributed by atoms with van der Waals surface area (Å²) in [6.45, 7) is 6.94. The Hall–Kier alpha value is -1.11. The highest BCUT2D eigenvalue weighted by molar-refractivity contribution is 7.89. The molecule has 5 nitrogen and oxygen atoms in total. The number of ether oxygens (including phenoxy) is 1. The van der Waals surface area contributed by atoms with Gasteiger partial charge in [0.25, 0.3) is 0 Å². The summed E-state index contributed by atoms with van der Waals surface area (Å²) in [5.41, 5.74) is 1.24. The highest BCUT2D eigenvalue weighted by atomic mass is 32.2. The van der Waals surface area contributed by atoms with Gasteiger partial charge in [0.05, 0.1) is 18.6 Å². The maximum atomic E-state index is 12.5. The first-order valence-corrected chi connectivity index (χ1v) is 7.99. The van der Waals surface area contributed by atoms with Crippen LogP contribution in [0.4, 0.5) is 0 Å². The van der Waals surface area contributed by atoms with Crippen molar-refractivity contribution in [3.63, 3.8) is 0 Å². The molecule has 1 rings (SSSR count). The summed E-state index contributed by atoms with van der Waals surface area (Å²) >= 11 is 0. The van der Waals surface area contributed by atoms with Gasteiger partial charge in [-0.1, -0.05) is 13.8 Å². The van der Waals surface area contributed by atoms with Crippen LogP contribution in [0.5, 0.6) is 5.75 Å². The van der Waals surface area contributed by atoms with Crippen LogP contribution in [0.25, 0.3) is 0 Å². The average molecular weight is 301 g/mol. The average Bonchev–Trinajstić information content (AvgIpc) is 2.34. The Morgan fingerprint density at radius 2 is 1.75 bits per heavy atom. The molecule has 0 fully saturated rings. The molecule has 0 aliphatic rings. The minimum atomic E-state index is -3.67. The molecule has 0 bridgehead atoms. The molecule has 20 heavy (non-hydrogen) atoms. The number of hydrogen-bond acceptors (Lipinski definition) is 4. The Labute approximate surface area is 121 Å². The Balaban J connectivity index is 3.22. The number of aliphatic hydroxyl groups excluding tert-OH is 1. The zero-order chi connectivity index (χ0) is 15.5. The van der Waals surface area contributed by atoms with Crippen LogP contribution in [0.1, 0.15) is 25.0 Å².